The fraction of sp³-hybridized carbons (Fsp3) is 0.607. The maximum atomic E-state index is 13.2. The minimum absolute atomic E-state index is 0.134. The van der Waals surface area contributed by atoms with Gasteiger partial charge < -0.3 is 41.6 Å². The van der Waals surface area contributed by atoms with Crippen molar-refractivity contribution in [1.82, 2.24) is 21.3 Å². The molecule has 0 aliphatic carbocycles. The lowest BCUT2D eigenvalue weighted by molar-refractivity contribution is -0.146. The third-order valence-corrected chi connectivity index (χ3v) is 6.54. The number of carboxylic acid groups (broad SMARTS) is 1. The van der Waals surface area contributed by atoms with Gasteiger partial charge in [-0.25, -0.2) is 19.2 Å². The van der Waals surface area contributed by atoms with E-state index in [4.69, 9.17) is 15.2 Å². The first-order chi connectivity index (χ1) is 19.6. The van der Waals surface area contributed by atoms with Crippen LogP contribution in [0.25, 0.3) is 0 Å². The Bertz CT molecular complexity index is 962. The number of carboxylic acids is 1. The van der Waals surface area contributed by atoms with Gasteiger partial charge in [0.05, 0.1) is 7.11 Å². The first-order valence-electron chi connectivity index (χ1n) is 14.0. The highest BCUT2D eigenvalue weighted by Crippen LogP contribution is 2.11. The molecule has 0 bridgehead atoms. The number of nitrogens with two attached hydrogens (primary N) is 1. The van der Waals surface area contributed by atoms with E-state index in [1.165, 1.54) is 7.11 Å². The summed E-state index contributed by atoms with van der Waals surface area (Å²) < 4.78 is 10.00. The van der Waals surface area contributed by atoms with Crippen molar-refractivity contribution < 1.29 is 38.6 Å². The van der Waals surface area contributed by atoms with Crippen LogP contribution in [-0.4, -0.2) is 73.4 Å². The molecule has 0 radical (unpaired) electrons. The Morgan fingerprint density at radius 1 is 0.927 bits per heavy atom. The number of unbranched alkanes of at least 4 members (excludes halogenated alkanes) is 2. The number of amides is 4. The summed E-state index contributed by atoms with van der Waals surface area (Å²) in [5, 5.41) is 19.7. The fourth-order valence-corrected chi connectivity index (χ4v) is 3.87. The number of alkyl carbamates (subject to hydrolysis) is 1. The summed E-state index contributed by atoms with van der Waals surface area (Å²) in [7, 11) is 1.22. The Hall–Kier alpha value is -3.87. The van der Waals surface area contributed by atoms with Crippen molar-refractivity contribution in [3.8, 4) is 0 Å². The Morgan fingerprint density at radius 3 is 2.17 bits per heavy atom. The van der Waals surface area contributed by atoms with Crippen molar-refractivity contribution in [3.63, 3.8) is 0 Å². The van der Waals surface area contributed by atoms with Crippen LogP contribution in [0.3, 0.4) is 0 Å². The van der Waals surface area contributed by atoms with E-state index >= 15 is 0 Å². The molecule has 0 aliphatic rings. The molecule has 0 aliphatic heterocycles. The lowest BCUT2D eigenvalue weighted by Crippen LogP contribution is -2.56. The molecule has 1 rings (SSSR count). The average Bonchev–Trinajstić information content (AvgIpc) is 2.97. The molecule has 230 valence electrons. The maximum absolute atomic E-state index is 13.2. The first kappa shape index (κ1) is 35.2. The number of nitrogens with one attached hydrogen (secondary N) is 4. The Kier molecular flexibility index (Phi) is 17.2. The highest BCUT2D eigenvalue weighted by atomic mass is 16.5. The van der Waals surface area contributed by atoms with Crippen molar-refractivity contribution in [2.45, 2.75) is 83.5 Å². The SMILES string of the molecule is CC[C@H](C)[C@H](NC(=O)[C@@H](CCCCNC(=O)OCc1ccccc1)NC(=O)NC(CCCCN)C(=O)O)C(=O)OC. The summed E-state index contributed by atoms with van der Waals surface area (Å²) in [4.78, 5) is 61.7. The van der Waals surface area contributed by atoms with Gasteiger partial charge in [-0.2, -0.15) is 0 Å². The fourth-order valence-electron chi connectivity index (χ4n) is 3.87. The third kappa shape index (κ3) is 14.4. The van der Waals surface area contributed by atoms with E-state index in [2.05, 4.69) is 21.3 Å². The molecule has 4 atom stereocenters. The molecule has 13 nitrogen and oxygen atoms in total. The topological polar surface area (TPSA) is 198 Å². The molecule has 13 heteroatoms. The standard InChI is InChI=1S/C28H45N5O8/c1-4-19(2)23(26(37)40-3)33-24(34)21(31-27(38)32-22(25(35)36)15-8-10-16-29)14-9-11-17-30-28(39)41-18-20-12-6-5-7-13-20/h5-7,12-13,19,21-23H,4,8-11,14-18,29H2,1-3H3,(H,30,39)(H,33,34)(H,35,36)(H2,31,32,38)/t19-,21+,22?,23-/m0/s1. The largest absolute Gasteiger partial charge is 0.480 e. The molecule has 7 N–H and O–H groups in total. The van der Waals surface area contributed by atoms with Crippen molar-refractivity contribution in [1.29, 1.82) is 0 Å². The molecule has 0 aromatic heterocycles. The van der Waals surface area contributed by atoms with Crippen LogP contribution in [0.4, 0.5) is 9.59 Å². The van der Waals surface area contributed by atoms with Crippen molar-refractivity contribution in [2.75, 3.05) is 20.2 Å². The van der Waals surface area contributed by atoms with E-state index < -0.39 is 48.1 Å². The third-order valence-electron chi connectivity index (χ3n) is 6.54. The summed E-state index contributed by atoms with van der Waals surface area (Å²) in [5.74, 6) is -2.65. The molecular formula is C28H45N5O8. The van der Waals surface area contributed by atoms with Crippen LogP contribution in [0.1, 0.15) is 64.4 Å². The van der Waals surface area contributed by atoms with Gasteiger partial charge in [-0.1, -0.05) is 50.6 Å². The zero-order valence-corrected chi connectivity index (χ0v) is 24.1. The van der Waals surface area contributed by atoms with Crippen LogP contribution in [-0.2, 0) is 30.5 Å². The van der Waals surface area contributed by atoms with E-state index in [-0.39, 0.29) is 31.9 Å². The van der Waals surface area contributed by atoms with Gasteiger partial charge in [-0.3, -0.25) is 4.79 Å². The van der Waals surface area contributed by atoms with E-state index in [0.29, 0.717) is 38.6 Å². The van der Waals surface area contributed by atoms with Gasteiger partial charge >= 0.3 is 24.1 Å². The number of aliphatic carboxylic acids is 1. The number of methoxy groups -OCH3 is 1. The molecule has 4 amide bonds. The second-order valence-electron chi connectivity index (χ2n) is 9.72. The molecule has 41 heavy (non-hydrogen) atoms. The number of esters is 1. The summed E-state index contributed by atoms with van der Waals surface area (Å²) in [6, 6.07) is 5.26. The minimum Gasteiger partial charge on any atom is -0.480 e. The summed E-state index contributed by atoms with van der Waals surface area (Å²) >= 11 is 0. The first-order valence-corrected chi connectivity index (χ1v) is 14.0. The predicted molar refractivity (Wildman–Crippen MR) is 152 cm³/mol. The summed E-state index contributed by atoms with van der Waals surface area (Å²) in [6.45, 7) is 4.46. The van der Waals surface area contributed by atoms with Gasteiger partial charge in [0, 0.05) is 6.54 Å². The second kappa shape index (κ2) is 20.1. The molecule has 1 aromatic rings. The van der Waals surface area contributed by atoms with E-state index in [0.717, 1.165) is 5.56 Å². The summed E-state index contributed by atoms with van der Waals surface area (Å²) in [6.07, 6.45) is 2.36. The molecule has 0 saturated heterocycles. The van der Waals surface area contributed by atoms with E-state index in [1.807, 2.05) is 37.3 Å². The maximum Gasteiger partial charge on any atom is 0.407 e. The molecule has 0 heterocycles. The molecule has 0 fully saturated rings. The van der Waals surface area contributed by atoms with Crippen LogP contribution in [0.5, 0.6) is 0 Å². The number of urea groups is 1. The van der Waals surface area contributed by atoms with Crippen molar-refractivity contribution in [3.05, 3.63) is 35.9 Å². The van der Waals surface area contributed by atoms with Crippen LogP contribution < -0.4 is 27.0 Å². The molecule has 0 saturated carbocycles. The second-order valence-corrected chi connectivity index (χ2v) is 9.72. The number of benzene rings is 1. The van der Waals surface area contributed by atoms with Crippen LogP contribution >= 0.6 is 0 Å². The predicted octanol–water partition coefficient (Wildman–Crippen LogP) is 2.04. The highest BCUT2D eigenvalue weighted by Gasteiger charge is 2.31. The lowest BCUT2D eigenvalue weighted by Gasteiger charge is -2.26. The number of rotatable bonds is 19. The van der Waals surface area contributed by atoms with E-state index in [9.17, 15) is 29.1 Å². The number of hydrogen-bond acceptors (Lipinski definition) is 8. The zero-order valence-electron chi connectivity index (χ0n) is 24.1. The van der Waals surface area contributed by atoms with Gasteiger partial charge in [-0.15, -0.1) is 0 Å². The zero-order chi connectivity index (χ0) is 30.6. The molecular weight excluding hydrogens is 534 g/mol. The van der Waals surface area contributed by atoms with Gasteiger partial charge in [-0.05, 0) is 56.6 Å². The number of hydrogen-bond donors (Lipinski definition) is 6. The van der Waals surface area contributed by atoms with E-state index in [1.54, 1.807) is 6.92 Å². The Labute approximate surface area is 241 Å². The lowest BCUT2D eigenvalue weighted by atomic mass is 9.98. The number of carbonyl (C=O) groups excluding carboxylic acids is 4. The normalized spacial score (nSPS) is 13.6. The van der Waals surface area contributed by atoms with Crippen molar-refractivity contribution >= 4 is 30.0 Å². The van der Waals surface area contributed by atoms with Gasteiger partial charge in [0.25, 0.3) is 0 Å². The quantitative estimate of drug-likeness (QED) is 0.105. The van der Waals surface area contributed by atoms with Gasteiger partial charge in [0.2, 0.25) is 5.91 Å². The number of carbonyl (C=O) groups is 5. The van der Waals surface area contributed by atoms with Crippen LogP contribution in [0.2, 0.25) is 0 Å². The molecule has 1 unspecified atom stereocenters. The smallest absolute Gasteiger partial charge is 0.407 e. The van der Waals surface area contributed by atoms with Crippen LogP contribution in [0, 0.1) is 5.92 Å². The molecule has 1 aromatic carbocycles. The van der Waals surface area contributed by atoms with Crippen molar-refractivity contribution in [2.24, 2.45) is 11.7 Å². The highest BCUT2D eigenvalue weighted by molar-refractivity contribution is 5.91. The van der Waals surface area contributed by atoms with Gasteiger partial charge in [0.15, 0.2) is 0 Å². The van der Waals surface area contributed by atoms with Crippen LogP contribution in [0.15, 0.2) is 30.3 Å². The average molecular weight is 580 g/mol. The Morgan fingerprint density at radius 2 is 1.56 bits per heavy atom. The number of ether oxygens (including phenoxy) is 2. The molecule has 0 spiro atoms. The van der Waals surface area contributed by atoms with Gasteiger partial charge in [0.1, 0.15) is 24.7 Å². The summed E-state index contributed by atoms with van der Waals surface area (Å²) in [5.41, 5.74) is 6.32. The monoisotopic (exact) mass is 579 g/mol. The Balaban J connectivity index is 2.75. The minimum atomic E-state index is -1.20.